The van der Waals surface area contributed by atoms with E-state index in [2.05, 4.69) is 43.6 Å². The number of aromatic nitrogens is 3. The summed E-state index contributed by atoms with van der Waals surface area (Å²) in [7, 11) is 0. The molecule has 136 valence electrons. The van der Waals surface area contributed by atoms with E-state index in [0.29, 0.717) is 0 Å². The second kappa shape index (κ2) is 6.79. The maximum atomic E-state index is 8.84. The summed E-state index contributed by atoms with van der Waals surface area (Å²) in [6.07, 6.45) is 4.80. The lowest BCUT2D eigenvalue weighted by Crippen LogP contribution is -1.94. The van der Waals surface area contributed by atoms with E-state index in [9.17, 15) is 0 Å². The average molecular weight is 385 g/mol. The lowest BCUT2D eigenvalue weighted by atomic mass is 10.1. The Kier molecular flexibility index (Phi) is 3.99. The second-order valence-electron chi connectivity index (χ2n) is 6.29. The quantitative estimate of drug-likeness (QED) is 0.220. The molecule has 0 bridgehead atoms. The van der Waals surface area contributed by atoms with Crippen LogP contribution in [-0.2, 0) is 0 Å². The molecule has 0 aliphatic carbocycles. The summed E-state index contributed by atoms with van der Waals surface area (Å²) in [5.41, 5.74) is 4.76. The molecule has 2 aromatic carbocycles. The van der Waals surface area contributed by atoms with Crippen LogP contribution in [0.25, 0.3) is 31.6 Å². The number of nitrogens with zero attached hydrogens (tertiary/aromatic N) is 3. The predicted octanol–water partition coefficient (Wildman–Crippen LogP) is 5.39. The Morgan fingerprint density at radius 2 is 1.96 bits per heavy atom. The van der Waals surface area contributed by atoms with Gasteiger partial charge in [-0.05, 0) is 29.8 Å². The molecule has 0 unspecified atom stereocenters. The van der Waals surface area contributed by atoms with Gasteiger partial charge in [-0.25, -0.2) is 9.97 Å². The van der Waals surface area contributed by atoms with Crippen LogP contribution >= 0.6 is 11.3 Å². The molecule has 6 nitrogen and oxygen atoms in total. The van der Waals surface area contributed by atoms with Gasteiger partial charge in [-0.3, -0.25) is 0 Å². The van der Waals surface area contributed by atoms with Gasteiger partial charge < -0.3 is 15.5 Å². The maximum absolute atomic E-state index is 8.84. The van der Waals surface area contributed by atoms with Crippen LogP contribution in [0.2, 0.25) is 0 Å². The number of hydrogen-bond donors (Lipinski definition) is 3. The summed E-state index contributed by atoms with van der Waals surface area (Å²) >= 11 is 1.66. The van der Waals surface area contributed by atoms with E-state index in [1.54, 1.807) is 17.7 Å². The Labute approximate surface area is 164 Å². The highest BCUT2D eigenvalue weighted by atomic mass is 32.1. The number of anilines is 2. The van der Waals surface area contributed by atoms with Gasteiger partial charge in [-0.15, -0.1) is 11.3 Å². The summed E-state index contributed by atoms with van der Waals surface area (Å²) in [5, 5.41) is 16.3. The van der Waals surface area contributed by atoms with Crippen molar-refractivity contribution >= 4 is 50.2 Å². The minimum atomic E-state index is 0.768. The van der Waals surface area contributed by atoms with Crippen LogP contribution in [-0.4, -0.2) is 26.4 Å². The number of H-pyrrole nitrogens is 1. The lowest BCUT2D eigenvalue weighted by Gasteiger charge is -2.06. The van der Waals surface area contributed by atoms with Gasteiger partial charge in [0.05, 0.1) is 16.4 Å². The van der Waals surface area contributed by atoms with Gasteiger partial charge in [0.1, 0.15) is 6.33 Å². The Morgan fingerprint density at radius 3 is 2.82 bits per heavy atom. The van der Waals surface area contributed by atoms with Crippen molar-refractivity contribution in [1.82, 2.24) is 15.0 Å². The molecule has 0 spiro atoms. The SMILES string of the molecule is O/N=C\c1c[nH]c2ccc(Nc3ncnc4cc(-c5ccccc5)sc34)cc12. The van der Waals surface area contributed by atoms with Gasteiger partial charge in [0.25, 0.3) is 0 Å². The van der Waals surface area contributed by atoms with Crippen LogP contribution in [0.5, 0.6) is 0 Å². The zero-order chi connectivity index (χ0) is 18.9. The third-order valence-electron chi connectivity index (χ3n) is 4.54. The average Bonchev–Trinajstić information content (AvgIpc) is 3.34. The predicted molar refractivity (Wildman–Crippen MR) is 114 cm³/mol. The molecule has 7 heteroatoms. The van der Waals surface area contributed by atoms with Crippen LogP contribution in [0.15, 0.2) is 72.3 Å². The summed E-state index contributed by atoms with van der Waals surface area (Å²) < 4.78 is 1.01. The number of nitrogens with one attached hydrogen (secondary N) is 2. The first-order chi connectivity index (χ1) is 13.8. The van der Waals surface area contributed by atoms with Crippen molar-refractivity contribution in [1.29, 1.82) is 0 Å². The van der Waals surface area contributed by atoms with E-state index in [0.717, 1.165) is 48.6 Å². The lowest BCUT2D eigenvalue weighted by molar-refractivity contribution is 0.322. The monoisotopic (exact) mass is 385 g/mol. The molecule has 0 saturated heterocycles. The first-order valence-corrected chi connectivity index (χ1v) is 9.49. The first kappa shape index (κ1) is 16.5. The van der Waals surface area contributed by atoms with Crippen LogP contribution in [0.3, 0.4) is 0 Å². The molecule has 3 heterocycles. The van der Waals surface area contributed by atoms with Crippen LogP contribution < -0.4 is 5.32 Å². The van der Waals surface area contributed by atoms with E-state index in [4.69, 9.17) is 5.21 Å². The smallest absolute Gasteiger partial charge is 0.151 e. The van der Waals surface area contributed by atoms with Crippen molar-refractivity contribution in [2.75, 3.05) is 5.32 Å². The Morgan fingerprint density at radius 1 is 1.07 bits per heavy atom. The maximum Gasteiger partial charge on any atom is 0.151 e. The highest BCUT2D eigenvalue weighted by Gasteiger charge is 2.11. The Balaban J connectivity index is 1.55. The fourth-order valence-electron chi connectivity index (χ4n) is 3.21. The molecule has 0 aliphatic heterocycles. The van der Waals surface area contributed by atoms with Crippen LogP contribution in [0, 0.1) is 0 Å². The summed E-state index contributed by atoms with van der Waals surface area (Å²) in [4.78, 5) is 13.2. The molecule has 0 radical (unpaired) electrons. The van der Waals surface area contributed by atoms with Gasteiger partial charge >= 0.3 is 0 Å². The number of rotatable bonds is 4. The minimum Gasteiger partial charge on any atom is -0.411 e. The zero-order valence-electron chi connectivity index (χ0n) is 14.6. The molecule has 3 aromatic heterocycles. The van der Waals surface area contributed by atoms with E-state index >= 15 is 0 Å². The van der Waals surface area contributed by atoms with E-state index in [1.165, 1.54) is 6.21 Å². The van der Waals surface area contributed by atoms with Crippen LogP contribution in [0.1, 0.15) is 5.56 Å². The molecule has 5 rings (SSSR count). The minimum absolute atomic E-state index is 0.768. The number of oxime groups is 1. The van der Waals surface area contributed by atoms with Crippen LogP contribution in [0.4, 0.5) is 11.5 Å². The molecule has 0 atom stereocenters. The number of hydrogen-bond acceptors (Lipinski definition) is 6. The largest absolute Gasteiger partial charge is 0.411 e. The summed E-state index contributed by atoms with van der Waals surface area (Å²) in [5.74, 6) is 0.768. The summed E-state index contributed by atoms with van der Waals surface area (Å²) in [6.45, 7) is 0. The third-order valence-corrected chi connectivity index (χ3v) is 5.72. The third kappa shape index (κ3) is 2.87. The Hall–Kier alpha value is -3.71. The first-order valence-electron chi connectivity index (χ1n) is 8.67. The highest BCUT2D eigenvalue weighted by Crippen LogP contribution is 2.36. The van der Waals surface area contributed by atoms with Gasteiger partial charge in [0.15, 0.2) is 5.82 Å². The van der Waals surface area contributed by atoms with Crippen molar-refractivity contribution in [3.63, 3.8) is 0 Å². The number of thiophene rings is 1. The molecule has 28 heavy (non-hydrogen) atoms. The van der Waals surface area contributed by atoms with Crippen molar-refractivity contribution in [3.8, 4) is 10.4 Å². The normalized spacial score (nSPS) is 11.6. The number of benzene rings is 2. The highest BCUT2D eigenvalue weighted by molar-refractivity contribution is 7.22. The zero-order valence-corrected chi connectivity index (χ0v) is 15.4. The van der Waals surface area contributed by atoms with E-state index < -0.39 is 0 Å². The molecular weight excluding hydrogens is 370 g/mol. The fourth-order valence-corrected chi connectivity index (χ4v) is 4.27. The topological polar surface area (TPSA) is 86.2 Å². The Bertz CT molecular complexity index is 1310. The number of fused-ring (bicyclic) bond motifs is 2. The van der Waals surface area contributed by atoms with E-state index in [1.807, 2.05) is 42.6 Å². The fraction of sp³-hybridized carbons (Fsp3) is 0. The van der Waals surface area contributed by atoms with E-state index in [-0.39, 0.29) is 0 Å². The van der Waals surface area contributed by atoms with Gasteiger partial charge in [-0.2, -0.15) is 0 Å². The van der Waals surface area contributed by atoms with Crippen molar-refractivity contribution in [2.24, 2.45) is 5.16 Å². The van der Waals surface area contributed by atoms with Crippen molar-refractivity contribution < 1.29 is 5.21 Å². The molecule has 5 aromatic rings. The molecule has 0 saturated carbocycles. The van der Waals surface area contributed by atoms with Gasteiger partial charge in [-0.1, -0.05) is 35.5 Å². The molecule has 0 aliphatic rings. The summed E-state index contributed by atoms with van der Waals surface area (Å²) in [6, 6.07) is 18.3. The van der Waals surface area contributed by atoms with Crippen molar-refractivity contribution in [2.45, 2.75) is 0 Å². The van der Waals surface area contributed by atoms with Crippen molar-refractivity contribution in [3.05, 3.63) is 72.7 Å². The van der Waals surface area contributed by atoms with Gasteiger partial charge in [0, 0.05) is 33.2 Å². The molecule has 3 N–H and O–H groups in total. The second-order valence-corrected chi connectivity index (χ2v) is 7.34. The molecule has 0 fully saturated rings. The van der Waals surface area contributed by atoms with Gasteiger partial charge in [0.2, 0.25) is 0 Å². The molecular formula is C21H15N5OS. The standard InChI is InChI=1S/C21H15N5OS/c27-25-11-14-10-22-17-7-6-15(8-16(14)17)26-21-20-18(23-12-24-21)9-19(28-20)13-4-2-1-3-5-13/h1-12,22,27H,(H,23,24,26)/b25-11-. The molecule has 0 amide bonds. The number of aromatic amines is 1.